The van der Waals surface area contributed by atoms with Crippen LogP contribution in [0.4, 0.5) is 0 Å². The van der Waals surface area contributed by atoms with Crippen molar-refractivity contribution >= 4 is 0 Å². The molecule has 0 rings (SSSR count). The standard InChI is InChI=1S/C15H24.C2H6/c1-7-10-11-12-14(15(4,5)6)13(8-2)9-3;1-2/h2,9H,3,7,10-12H2,1,4-6H3;1-2H3/b14-13+;. The fourth-order valence-corrected chi connectivity index (χ4v) is 1.73. The van der Waals surface area contributed by atoms with Crippen LogP contribution in [-0.4, -0.2) is 0 Å². The first-order valence-electron chi connectivity index (χ1n) is 6.80. The molecule has 0 aromatic carbocycles. The van der Waals surface area contributed by atoms with E-state index in [9.17, 15) is 0 Å². The number of hydrogen-bond acceptors (Lipinski definition) is 0. The van der Waals surface area contributed by atoms with Gasteiger partial charge in [-0.05, 0) is 23.8 Å². The summed E-state index contributed by atoms with van der Waals surface area (Å²) in [6, 6.07) is 0. The van der Waals surface area contributed by atoms with Crippen LogP contribution in [0.5, 0.6) is 0 Å². The van der Waals surface area contributed by atoms with Gasteiger partial charge in [0.25, 0.3) is 0 Å². The molecular formula is C17H30. The van der Waals surface area contributed by atoms with E-state index in [-0.39, 0.29) is 5.41 Å². The molecular weight excluding hydrogens is 204 g/mol. The molecule has 0 amide bonds. The summed E-state index contributed by atoms with van der Waals surface area (Å²) in [5.74, 6) is 2.75. The predicted molar refractivity (Wildman–Crippen MR) is 81.0 cm³/mol. The summed E-state index contributed by atoms with van der Waals surface area (Å²) in [5.41, 5.74) is 2.51. The lowest BCUT2D eigenvalue weighted by Gasteiger charge is -2.24. The molecule has 0 aliphatic heterocycles. The molecule has 0 aromatic heterocycles. The molecule has 0 fully saturated rings. The van der Waals surface area contributed by atoms with E-state index >= 15 is 0 Å². The molecule has 0 saturated carbocycles. The molecule has 0 radical (unpaired) electrons. The molecule has 0 atom stereocenters. The van der Waals surface area contributed by atoms with Gasteiger partial charge in [0.2, 0.25) is 0 Å². The fraction of sp³-hybridized carbons (Fsp3) is 0.647. The predicted octanol–water partition coefficient (Wildman–Crippen LogP) is 5.75. The highest BCUT2D eigenvalue weighted by Gasteiger charge is 2.18. The molecule has 0 saturated heterocycles. The van der Waals surface area contributed by atoms with E-state index in [1.165, 1.54) is 24.8 Å². The Morgan fingerprint density at radius 3 is 2.06 bits per heavy atom. The van der Waals surface area contributed by atoms with Gasteiger partial charge in [-0.25, -0.2) is 0 Å². The molecule has 0 unspecified atom stereocenters. The second-order valence-electron chi connectivity index (χ2n) is 4.95. The largest absolute Gasteiger partial charge is 0.115 e. The van der Waals surface area contributed by atoms with E-state index < -0.39 is 0 Å². The van der Waals surface area contributed by atoms with Gasteiger partial charge in [0.15, 0.2) is 0 Å². The third kappa shape index (κ3) is 7.86. The quantitative estimate of drug-likeness (QED) is 0.322. The number of terminal acetylenes is 1. The molecule has 0 aliphatic rings. The van der Waals surface area contributed by atoms with Gasteiger partial charge < -0.3 is 0 Å². The highest BCUT2D eigenvalue weighted by molar-refractivity contribution is 5.41. The summed E-state index contributed by atoms with van der Waals surface area (Å²) in [6.45, 7) is 16.7. The van der Waals surface area contributed by atoms with Crippen LogP contribution in [0, 0.1) is 17.8 Å². The zero-order valence-electron chi connectivity index (χ0n) is 12.7. The van der Waals surface area contributed by atoms with Gasteiger partial charge in [0, 0.05) is 5.57 Å². The Morgan fingerprint density at radius 1 is 1.24 bits per heavy atom. The van der Waals surface area contributed by atoms with E-state index in [0.29, 0.717) is 0 Å². The highest BCUT2D eigenvalue weighted by Crippen LogP contribution is 2.32. The maximum absolute atomic E-state index is 5.51. The minimum Gasteiger partial charge on any atom is -0.115 e. The monoisotopic (exact) mass is 234 g/mol. The van der Waals surface area contributed by atoms with E-state index in [1.807, 2.05) is 19.9 Å². The van der Waals surface area contributed by atoms with Crippen LogP contribution < -0.4 is 0 Å². The topological polar surface area (TPSA) is 0 Å². The third-order valence-electron chi connectivity index (χ3n) is 2.62. The molecule has 0 heteroatoms. The van der Waals surface area contributed by atoms with Crippen molar-refractivity contribution in [1.82, 2.24) is 0 Å². The maximum atomic E-state index is 5.51. The van der Waals surface area contributed by atoms with Crippen LogP contribution in [0.1, 0.15) is 67.2 Å². The van der Waals surface area contributed by atoms with Gasteiger partial charge in [0.1, 0.15) is 0 Å². The minimum atomic E-state index is 0.156. The molecule has 17 heavy (non-hydrogen) atoms. The normalized spacial score (nSPS) is 11.8. The molecule has 98 valence electrons. The van der Waals surface area contributed by atoms with E-state index in [0.717, 1.165) is 12.0 Å². The second kappa shape index (κ2) is 10.2. The Hall–Kier alpha value is -0.960. The Morgan fingerprint density at radius 2 is 1.76 bits per heavy atom. The Balaban J connectivity index is 0. The van der Waals surface area contributed by atoms with Crippen LogP contribution in [0.15, 0.2) is 23.8 Å². The fourth-order valence-electron chi connectivity index (χ4n) is 1.73. The first kappa shape index (κ1) is 18.4. The van der Waals surface area contributed by atoms with E-state index in [4.69, 9.17) is 6.42 Å². The van der Waals surface area contributed by atoms with Crippen molar-refractivity contribution in [3.05, 3.63) is 23.8 Å². The van der Waals surface area contributed by atoms with Gasteiger partial charge in [-0.15, -0.1) is 6.42 Å². The van der Waals surface area contributed by atoms with Crippen LogP contribution in [0.3, 0.4) is 0 Å². The summed E-state index contributed by atoms with van der Waals surface area (Å²) in [4.78, 5) is 0. The lowest BCUT2D eigenvalue weighted by atomic mass is 9.80. The van der Waals surface area contributed by atoms with Gasteiger partial charge in [-0.2, -0.15) is 0 Å². The van der Waals surface area contributed by atoms with E-state index in [2.05, 4.69) is 40.2 Å². The molecule has 0 nitrogen and oxygen atoms in total. The maximum Gasteiger partial charge on any atom is 0.0234 e. The SMILES string of the molecule is C#C/C(C=C)=C(/CCCCC)C(C)(C)C.CC. The lowest BCUT2D eigenvalue weighted by Crippen LogP contribution is -2.11. The van der Waals surface area contributed by atoms with Crippen LogP contribution >= 0.6 is 0 Å². The molecule has 0 bridgehead atoms. The van der Waals surface area contributed by atoms with Crippen molar-refractivity contribution in [3.63, 3.8) is 0 Å². The molecule has 0 spiro atoms. The summed E-state index contributed by atoms with van der Waals surface area (Å²) in [7, 11) is 0. The summed E-state index contributed by atoms with van der Waals surface area (Å²) in [6.07, 6.45) is 12.2. The smallest absolute Gasteiger partial charge is 0.0234 e. The molecule has 0 heterocycles. The van der Waals surface area contributed by atoms with Crippen molar-refractivity contribution in [3.8, 4) is 12.3 Å². The zero-order valence-corrected chi connectivity index (χ0v) is 12.7. The van der Waals surface area contributed by atoms with Crippen LogP contribution in [0.25, 0.3) is 0 Å². The third-order valence-corrected chi connectivity index (χ3v) is 2.62. The van der Waals surface area contributed by atoms with Gasteiger partial charge in [-0.1, -0.05) is 73.0 Å². The summed E-state index contributed by atoms with van der Waals surface area (Å²) >= 11 is 0. The Kier molecular flexibility index (Phi) is 11.1. The van der Waals surface area contributed by atoms with Gasteiger partial charge in [-0.3, -0.25) is 0 Å². The Labute approximate surface area is 109 Å². The number of hydrogen-bond donors (Lipinski definition) is 0. The number of unbranched alkanes of at least 4 members (excludes halogenated alkanes) is 2. The second-order valence-corrected chi connectivity index (χ2v) is 4.95. The van der Waals surface area contributed by atoms with Gasteiger partial charge in [0.05, 0.1) is 0 Å². The summed E-state index contributed by atoms with van der Waals surface area (Å²) in [5, 5.41) is 0. The number of rotatable bonds is 5. The average molecular weight is 234 g/mol. The molecule has 0 aliphatic carbocycles. The van der Waals surface area contributed by atoms with Crippen molar-refractivity contribution in [2.45, 2.75) is 67.2 Å². The van der Waals surface area contributed by atoms with Crippen LogP contribution in [0.2, 0.25) is 0 Å². The van der Waals surface area contributed by atoms with Crippen molar-refractivity contribution in [2.75, 3.05) is 0 Å². The molecule has 0 N–H and O–H groups in total. The highest BCUT2D eigenvalue weighted by atomic mass is 14.2. The first-order chi connectivity index (χ1) is 7.97. The van der Waals surface area contributed by atoms with Crippen molar-refractivity contribution in [2.24, 2.45) is 5.41 Å². The average Bonchev–Trinajstić information content (AvgIpc) is 2.30. The zero-order chi connectivity index (χ0) is 13.9. The molecule has 0 aromatic rings. The van der Waals surface area contributed by atoms with Crippen molar-refractivity contribution < 1.29 is 0 Å². The minimum absolute atomic E-state index is 0.156. The van der Waals surface area contributed by atoms with Gasteiger partial charge >= 0.3 is 0 Å². The van der Waals surface area contributed by atoms with Crippen molar-refractivity contribution in [1.29, 1.82) is 0 Å². The van der Waals surface area contributed by atoms with Crippen LogP contribution in [-0.2, 0) is 0 Å². The number of allylic oxidation sites excluding steroid dienone is 3. The van der Waals surface area contributed by atoms with E-state index in [1.54, 1.807) is 0 Å². The first-order valence-corrected chi connectivity index (χ1v) is 6.80. The lowest BCUT2D eigenvalue weighted by molar-refractivity contribution is 0.471. The summed E-state index contributed by atoms with van der Waals surface area (Å²) < 4.78 is 0. The Bertz CT molecular complexity index is 265.